The van der Waals surface area contributed by atoms with Crippen LogP contribution < -0.4 is 0 Å². The Morgan fingerprint density at radius 1 is 1.11 bits per heavy atom. The van der Waals surface area contributed by atoms with Crippen LogP contribution in [0.4, 0.5) is 0 Å². The summed E-state index contributed by atoms with van der Waals surface area (Å²) in [5.41, 5.74) is 6.28. The fourth-order valence-electron chi connectivity index (χ4n) is 2.49. The molecule has 2 rings (SSSR count). The van der Waals surface area contributed by atoms with Crippen LogP contribution in [-0.2, 0) is 0 Å². The molecule has 1 aliphatic heterocycles. The second-order valence-electron chi connectivity index (χ2n) is 4.82. The first-order valence-corrected chi connectivity index (χ1v) is 6.56. The van der Waals surface area contributed by atoms with Crippen LogP contribution in [0.1, 0.15) is 32.8 Å². The van der Waals surface area contributed by atoms with Gasteiger partial charge in [0, 0.05) is 12.2 Å². The summed E-state index contributed by atoms with van der Waals surface area (Å²) in [6.07, 6.45) is 3.35. The zero-order chi connectivity index (χ0) is 13.1. The van der Waals surface area contributed by atoms with E-state index >= 15 is 0 Å². The van der Waals surface area contributed by atoms with E-state index in [-0.39, 0.29) is 0 Å². The van der Waals surface area contributed by atoms with Crippen molar-refractivity contribution >= 4 is 5.70 Å². The molecule has 0 spiro atoms. The van der Waals surface area contributed by atoms with Crippen molar-refractivity contribution in [2.24, 2.45) is 0 Å². The fraction of sp³-hybridized carbons (Fsp3) is 0.294. The molecule has 94 valence electrons. The molecule has 0 amide bonds. The van der Waals surface area contributed by atoms with Gasteiger partial charge in [-0.05, 0) is 37.0 Å². The van der Waals surface area contributed by atoms with Gasteiger partial charge in [0.15, 0.2) is 0 Å². The lowest BCUT2D eigenvalue weighted by atomic mass is 9.97. The molecule has 0 saturated heterocycles. The van der Waals surface area contributed by atoms with Crippen molar-refractivity contribution < 1.29 is 0 Å². The monoisotopic (exact) mass is 239 g/mol. The summed E-state index contributed by atoms with van der Waals surface area (Å²) in [6.45, 7) is 11.8. The highest BCUT2D eigenvalue weighted by atomic mass is 15.2. The number of allylic oxidation sites excluding steroid dienone is 3. The van der Waals surface area contributed by atoms with Crippen LogP contribution in [0.2, 0.25) is 0 Å². The molecule has 0 bridgehead atoms. The zero-order valence-corrected chi connectivity index (χ0v) is 11.5. The Bertz CT molecular complexity index is 506. The highest BCUT2D eigenvalue weighted by molar-refractivity contribution is 5.73. The van der Waals surface area contributed by atoms with Gasteiger partial charge in [0.2, 0.25) is 0 Å². The summed E-state index contributed by atoms with van der Waals surface area (Å²) in [5.74, 6) is 0. The molecule has 0 fully saturated rings. The third-order valence-electron chi connectivity index (χ3n) is 3.35. The van der Waals surface area contributed by atoms with E-state index in [9.17, 15) is 0 Å². The minimum atomic E-state index is 1.02. The van der Waals surface area contributed by atoms with Crippen molar-refractivity contribution in [3.05, 3.63) is 65.4 Å². The quantitative estimate of drug-likeness (QED) is 0.745. The molecular weight excluding hydrogens is 218 g/mol. The number of rotatable bonds is 3. The van der Waals surface area contributed by atoms with E-state index < -0.39 is 0 Å². The fourth-order valence-corrected chi connectivity index (χ4v) is 2.49. The van der Waals surface area contributed by atoms with E-state index in [0.29, 0.717) is 0 Å². The molecule has 18 heavy (non-hydrogen) atoms. The van der Waals surface area contributed by atoms with Crippen LogP contribution in [-0.4, -0.2) is 11.4 Å². The first kappa shape index (κ1) is 12.7. The predicted octanol–water partition coefficient (Wildman–Crippen LogP) is 4.60. The molecule has 0 N–H and O–H groups in total. The van der Waals surface area contributed by atoms with Crippen molar-refractivity contribution in [2.75, 3.05) is 6.54 Å². The Morgan fingerprint density at radius 2 is 1.78 bits per heavy atom. The molecule has 1 aliphatic rings. The lowest BCUT2D eigenvalue weighted by Gasteiger charge is -2.34. The van der Waals surface area contributed by atoms with E-state index in [0.717, 1.165) is 18.7 Å². The minimum absolute atomic E-state index is 1.02. The summed E-state index contributed by atoms with van der Waals surface area (Å²) in [7, 11) is 0. The highest BCUT2D eigenvalue weighted by Gasteiger charge is 2.20. The van der Waals surface area contributed by atoms with Gasteiger partial charge in [-0.3, -0.25) is 0 Å². The molecule has 1 heterocycles. The molecule has 0 aromatic heterocycles. The van der Waals surface area contributed by atoms with Crippen molar-refractivity contribution in [2.45, 2.75) is 27.2 Å². The summed E-state index contributed by atoms with van der Waals surface area (Å²) < 4.78 is 0. The van der Waals surface area contributed by atoms with Gasteiger partial charge in [-0.2, -0.15) is 0 Å². The van der Waals surface area contributed by atoms with Crippen LogP contribution in [0.15, 0.2) is 59.8 Å². The maximum Gasteiger partial charge on any atom is 0.0514 e. The molecule has 0 atom stereocenters. The summed E-state index contributed by atoms with van der Waals surface area (Å²) >= 11 is 0. The molecule has 0 saturated carbocycles. The van der Waals surface area contributed by atoms with E-state index in [1.165, 1.54) is 22.4 Å². The van der Waals surface area contributed by atoms with Crippen LogP contribution >= 0.6 is 0 Å². The number of hydrogen-bond acceptors (Lipinski definition) is 1. The van der Waals surface area contributed by atoms with Gasteiger partial charge >= 0.3 is 0 Å². The van der Waals surface area contributed by atoms with Gasteiger partial charge in [-0.1, -0.05) is 49.9 Å². The predicted molar refractivity (Wildman–Crippen MR) is 78.9 cm³/mol. The zero-order valence-electron chi connectivity index (χ0n) is 11.5. The second kappa shape index (κ2) is 5.26. The van der Waals surface area contributed by atoms with Crippen LogP contribution in [0.3, 0.4) is 0 Å². The topological polar surface area (TPSA) is 3.24 Å². The Labute approximate surface area is 110 Å². The van der Waals surface area contributed by atoms with Crippen molar-refractivity contribution in [3.63, 3.8) is 0 Å². The first-order chi connectivity index (χ1) is 8.65. The average Bonchev–Trinajstić information content (AvgIpc) is 2.37. The third-order valence-corrected chi connectivity index (χ3v) is 3.35. The van der Waals surface area contributed by atoms with Gasteiger partial charge in [-0.25, -0.2) is 0 Å². The minimum Gasteiger partial charge on any atom is -0.341 e. The molecule has 1 aromatic rings. The van der Waals surface area contributed by atoms with Crippen molar-refractivity contribution in [3.8, 4) is 0 Å². The Balaban J connectivity index is 2.52. The van der Waals surface area contributed by atoms with Crippen LogP contribution in [0.25, 0.3) is 5.70 Å². The average molecular weight is 239 g/mol. The van der Waals surface area contributed by atoms with Crippen molar-refractivity contribution in [1.29, 1.82) is 0 Å². The maximum atomic E-state index is 4.23. The van der Waals surface area contributed by atoms with Crippen molar-refractivity contribution in [1.82, 2.24) is 4.90 Å². The van der Waals surface area contributed by atoms with Gasteiger partial charge in [-0.15, -0.1) is 0 Å². The molecule has 0 radical (unpaired) electrons. The third kappa shape index (κ3) is 2.26. The number of hydrogen-bond donors (Lipinski definition) is 0. The molecular formula is C17H21N. The summed E-state index contributed by atoms with van der Waals surface area (Å²) in [6, 6.07) is 10.6. The molecule has 1 nitrogen and oxygen atoms in total. The molecule has 1 aromatic carbocycles. The Hall–Kier alpha value is -1.76. The normalized spacial score (nSPS) is 16.1. The van der Waals surface area contributed by atoms with E-state index in [1.807, 2.05) is 0 Å². The maximum absolute atomic E-state index is 4.23. The lowest BCUT2D eigenvalue weighted by Crippen LogP contribution is -2.25. The van der Waals surface area contributed by atoms with Crippen LogP contribution in [0, 0.1) is 0 Å². The second-order valence-corrected chi connectivity index (χ2v) is 4.82. The number of benzene rings is 1. The van der Waals surface area contributed by atoms with E-state index in [1.54, 1.807) is 0 Å². The molecule has 0 aliphatic carbocycles. The van der Waals surface area contributed by atoms with Gasteiger partial charge in [0.05, 0.1) is 5.70 Å². The van der Waals surface area contributed by atoms with Gasteiger partial charge in [0.25, 0.3) is 0 Å². The Kier molecular flexibility index (Phi) is 3.71. The SMILES string of the molecule is C=C1C(C)=CC(C)=C(c2ccccc2)N1CCC. The standard InChI is InChI=1S/C17H21N/c1-5-11-18-15(4)13(2)12-14(3)17(18)16-9-7-6-8-10-16/h6-10,12H,4-5,11H2,1-3H3. The largest absolute Gasteiger partial charge is 0.341 e. The summed E-state index contributed by atoms with van der Waals surface area (Å²) in [5, 5.41) is 0. The van der Waals surface area contributed by atoms with E-state index in [2.05, 4.69) is 68.7 Å². The van der Waals surface area contributed by atoms with E-state index in [4.69, 9.17) is 0 Å². The first-order valence-electron chi connectivity index (χ1n) is 6.56. The van der Waals surface area contributed by atoms with Gasteiger partial charge in [0.1, 0.15) is 0 Å². The molecule has 1 heteroatoms. The summed E-state index contributed by atoms with van der Waals surface area (Å²) in [4.78, 5) is 2.35. The molecule has 0 unspecified atom stereocenters. The number of nitrogens with zero attached hydrogens (tertiary/aromatic N) is 1. The lowest BCUT2D eigenvalue weighted by molar-refractivity contribution is 0.487. The highest BCUT2D eigenvalue weighted by Crippen LogP contribution is 2.34. The smallest absolute Gasteiger partial charge is 0.0514 e. The van der Waals surface area contributed by atoms with Gasteiger partial charge < -0.3 is 4.90 Å². The Morgan fingerprint density at radius 3 is 2.39 bits per heavy atom. The van der Waals surface area contributed by atoms with Crippen LogP contribution in [0.5, 0.6) is 0 Å².